The second-order valence-electron chi connectivity index (χ2n) is 7.32. The topological polar surface area (TPSA) is 46.9 Å². The fourth-order valence-electron chi connectivity index (χ4n) is 3.25. The van der Waals surface area contributed by atoms with Gasteiger partial charge in [-0.3, -0.25) is 9.48 Å². The molecule has 1 fully saturated rings. The second kappa shape index (κ2) is 7.78. The van der Waals surface area contributed by atoms with Gasteiger partial charge in [-0.15, -0.1) is 0 Å². The molecule has 8 heteroatoms. The van der Waals surface area contributed by atoms with E-state index in [9.17, 15) is 18.0 Å². The van der Waals surface area contributed by atoms with E-state index in [0.717, 1.165) is 28.7 Å². The van der Waals surface area contributed by atoms with Gasteiger partial charge in [0.15, 0.2) is 5.69 Å². The zero-order valence-electron chi connectivity index (χ0n) is 16.0. The van der Waals surface area contributed by atoms with E-state index in [1.54, 1.807) is 6.92 Å². The standard InChI is InChI=1S/C20H23ClF3N3O/c1-4-15(13-7-5-11(2)6-8-13)25-19(28)12(3)27-17(14-9-10-14)16(21)18(26-27)20(22,23)24/h5-8,12,14-15H,4,9-10H2,1-3H3,(H,25,28). The number of rotatable bonds is 6. The number of halogens is 4. The van der Waals surface area contributed by atoms with Crippen molar-refractivity contribution in [2.45, 2.75) is 64.2 Å². The number of aromatic nitrogens is 2. The van der Waals surface area contributed by atoms with Crippen LogP contribution in [0.15, 0.2) is 24.3 Å². The Morgan fingerprint density at radius 2 is 1.93 bits per heavy atom. The summed E-state index contributed by atoms with van der Waals surface area (Å²) < 4.78 is 40.9. The fraction of sp³-hybridized carbons (Fsp3) is 0.500. The lowest BCUT2D eigenvalue weighted by atomic mass is 10.0. The predicted octanol–water partition coefficient (Wildman–Crippen LogP) is 5.57. The van der Waals surface area contributed by atoms with Crippen molar-refractivity contribution in [3.05, 3.63) is 51.8 Å². The van der Waals surface area contributed by atoms with Crippen LogP contribution in [0.2, 0.25) is 5.02 Å². The number of hydrogen-bond donors (Lipinski definition) is 1. The monoisotopic (exact) mass is 413 g/mol. The van der Waals surface area contributed by atoms with Crippen LogP contribution in [0.25, 0.3) is 0 Å². The lowest BCUT2D eigenvalue weighted by molar-refractivity contribution is -0.141. The highest BCUT2D eigenvalue weighted by Gasteiger charge is 2.43. The third-order valence-electron chi connectivity index (χ3n) is 5.07. The molecule has 1 aliphatic carbocycles. The Hall–Kier alpha value is -2.02. The first-order valence-corrected chi connectivity index (χ1v) is 9.73. The van der Waals surface area contributed by atoms with Crippen LogP contribution in [-0.2, 0) is 11.0 Å². The second-order valence-corrected chi connectivity index (χ2v) is 7.70. The van der Waals surface area contributed by atoms with Gasteiger partial charge in [0, 0.05) is 5.92 Å². The summed E-state index contributed by atoms with van der Waals surface area (Å²) in [6.45, 7) is 5.47. The molecule has 1 amide bonds. The number of carbonyl (C=O) groups excluding carboxylic acids is 1. The van der Waals surface area contributed by atoms with Crippen LogP contribution in [0.4, 0.5) is 13.2 Å². The van der Waals surface area contributed by atoms with E-state index in [1.165, 1.54) is 0 Å². The van der Waals surface area contributed by atoms with Gasteiger partial charge in [0.1, 0.15) is 6.04 Å². The van der Waals surface area contributed by atoms with Crippen LogP contribution in [-0.4, -0.2) is 15.7 Å². The molecule has 2 atom stereocenters. The summed E-state index contributed by atoms with van der Waals surface area (Å²) in [6, 6.07) is 6.67. The Morgan fingerprint density at radius 1 is 1.32 bits per heavy atom. The van der Waals surface area contributed by atoms with Gasteiger partial charge in [0.05, 0.1) is 16.8 Å². The third-order valence-corrected chi connectivity index (χ3v) is 5.44. The Morgan fingerprint density at radius 3 is 2.43 bits per heavy atom. The van der Waals surface area contributed by atoms with E-state index in [2.05, 4.69) is 10.4 Å². The highest BCUT2D eigenvalue weighted by Crippen LogP contribution is 2.47. The molecule has 152 valence electrons. The van der Waals surface area contributed by atoms with Crippen molar-refractivity contribution in [3.63, 3.8) is 0 Å². The van der Waals surface area contributed by atoms with Crippen LogP contribution in [0.5, 0.6) is 0 Å². The Kier molecular flexibility index (Phi) is 5.75. The lowest BCUT2D eigenvalue weighted by Gasteiger charge is -2.22. The molecular formula is C20H23ClF3N3O. The molecule has 1 N–H and O–H groups in total. The quantitative estimate of drug-likeness (QED) is 0.673. The lowest BCUT2D eigenvalue weighted by Crippen LogP contribution is -2.35. The Labute approximate surface area is 167 Å². The summed E-state index contributed by atoms with van der Waals surface area (Å²) in [5.74, 6) is -0.465. The third kappa shape index (κ3) is 4.19. The summed E-state index contributed by atoms with van der Waals surface area (Å²) >= 11 is 6.01. The summed E-state index contributed by atoms with van der Waals surface area (Å²) in [7, 11) is 0. The van der Waals surface area contributed by atoms with Crippen LogP contribution >= 0.6 is 11.6 Å². The number of nitrogens with one attached hydrogen (secondary N) is 1. The molecule has 1 aromatic carbocycles. The number of carbonyl (C=O) groups is 1. The zero-order valence-corrected chi connectivity index (χ0v) is 16.7. The molecule has 28 heavy (non-hydrogen) atoms. The van der Waals surface area contributed by atoms with Crippen LogP contribution in [0.1, 0.15) is 73.6 Å². The van der Waals surface area contributed by atoms with Gasteiger partial charge in [-0.05, 0) is 38.7 Å². The normalized spacial score (nSPS) is 16.7. The maximum absolute atomic E-state index is 13.2. The summed E-state index contributed by atoms with van der Waals surface area (Å²) in [6.07, 6.45) is -2.50. The summed E-state index contributed by atoms with van der Waals surface area (Å²) in [4.78, 5) is 12.8. The van der Waals surface area contributed by atoms with Crippen molar-refractivity contribution in [2.75, 3.05) is 0 Å². The molecule has 0 saturated heterocycles. The molecule has 2 aromatic rings. The smallest absolute Gasteiger partial charge is 0.347 e. The minimum absolute atomic E-state index is 0.0783. The highest BCUT2D eigenvalue weighted by molar-refractivity contribution is 6.32. The average Bonchev–Trinajstić information content (AvgIpc) is 3.41. The van der Waals surface area contributed by atoms with Crippen molar-refractivity contribution in [2.24, 2.45) is 0 Å². The van der Waals surface area contributed by atoms with Crippen molar-refractivity contribution < 1.29 is 18.0 Å². The number of nitrogens with zero attached hydrogens (tertiary/aromatic N) is 2. The van der Waals surface area contributed by atoms with Gasteiger partial charge < -0.3 is 5.32 Å². The largest absolute Gasteiger partial charge is 0.436 e. The SMILES string of the molecule is CCC(NC(=O)C(C)n1nc(C(F)(F)F)c(Cl)c1C1CC1)c1ccc(C)cc1. The van der Waals surface area contributed by atoms with E-state index < -0.39 is 17.9 Å². The zero-order chi connectivity index (χ0) is 20.6. The van der Waals surface area contributed by atoms with Crippen molar-refractivity contribution in [1.29, 1.82) is 0 Å². The summed E-state index contributed by atoms with van der Waals surface area (Å²) in [5.41, 5.74) is 1.24. The first-order chi connectivity index (χ1) is 13.1. The maximum Gasteiger partial charge on any atom is 0.436 e. The van der Waals surface area contributed by atoms with Gasteiger partial charge in [-0.1, -0.05) is 48.4 Å². The van der Waals surface area contributed by atoms with Gasteiger partial charge in [0.25, 0.3) is 0 Å². The van der Waals surface area contributed by atoms with Gasteiger partial charge >= 0.3 is 6.18 Å². The van der Waals surface area contributed by atoms with Crippen LogP contribution < -0.4 is 5.32 Å². The molecule has 2 unspecified atom stereocenters. The van der Waals surface area contributed by atoms with Crippen LogP contribution in [0, 0.1) is 6.92 Å². The molecule has 1 saturated carbocycles. The molecule has 1 heterocycles. The maximum atomic E-state index is 13.2. The van der Waals surface area contributed by atoms with Gasteiger partial charge in [0.2, 0.25) is 5.91 Å². The van der Waals surface area contributed by atoms with Gasteiger partial charge in [-0.25, -0.2) is 0 Å². The van der Waals surface area contributed by atoms with E-state index >= 15 is 0 Å². The number of amides is 1. The molecule has 0 radical (unpaired) electrons. The first kappa shape index (κ1) is 20.7. The van der Waals surface area contributed by atoms with Crippen molar-refractivity contribution in [1.82, 2.24) is 15.1 Å². The van der Waals surface area contributed by atoms with E-state index in [0.29, 0.717) is 12.1 Å². The first-order valence-electron chi connectivity index (χ1n) is 9.35. The molecule has 0 bridgehead atoms. The molecule has 0 spiro atoms. The minimum Gasteiger partial charge on any atom is -0.347 e. The highest BCUT2D eigenvalue weighted by atomic mass is 35.5. The van der Waals surface area contributed by atoms with Crippen molar-refractivity contribution in [3.8, 4) is 0 Å². The molecular weight excluding hydrogens is 391 g/mol. The summed E-state index contributed by atoms with van der Waals surface area (Å²) in [5, 5.41) is 6.22. The molecule has 1 aromatic heterocycles. The van der Waals surface area contributed by atoms with E-state index in [-0.39, 0.29) is 22.9 Å². The molecule has 0 aliphatic heterocycles. The van der Waals surface area contributed by atoms with E-state index in [4.69, 9.17) is 11.6 Å². The average molecular weight is 414 g/mol. The molecule has 3 rings (SSSR count). The number of hydrogen-bond acceptors (Lipinski definition) is 2. The predicted molar refractivity (Wildman–Crippen MR) is 101 cm³/mol. The van der Waals surface area contributed by atoms with Crippen molar-refractivity contribution >= 4 is 17.5 Å². The Bertz CT molecular complexity index is 857. The molecule has 4 nitrogen and oxygen atoms in total. The fourth-order valence-corrected chi connectivity index (χ4v) is 3.64. The number of aryl methyl sites for hydroxylation is 1. The van der Waals surface area contributed by atoms with E-state index in [1.807, 2.05) is 38.1 Å². The Balaban J connectivity index is 1.85. The number of alkyl halides is 3. The van der Waals surface area contributed by atoms with Crippen LogP contribution in [0.3, 0.4) is 0 Å². The minimum atomic E-state index is -4.66. The number of benzene rings is 1. The van der Waals surface area contributed by atoms with Gasteiger partial charge in [-0.2, -0.15) is 18.3 Å². The molecule has 1 aliphatic rings.